The van der Waals surface area contributed by atoms with Crippen LogP contribution in [0.2, 0.25) is 0 Å². The molecular formula is C18H18F4N2O2. The normalized spacial score (nSPS) is 12.7. The van der Waals surface area contributed by atoms with E-state index in [1.54, 1.807) is 31.0 Å². The first-order valence-electron chi connectivity index (χ1n) is 7.75. The van der Waals surface area contributed by atoms with Gasteiger partial charge in [0.15, 0.2) is 0 Å². The highest BCUT2D eigenvalue weighted by Crippen LogP contribution is 2.24. The Labute approximate surface area is 148 Å². The summed E-state index contributed by atoms with van der Waals surface area (Å²) in [6, 6.07) is 10.4. The van der Waals surface area contributed by atoms with Crippen molar-refractivity contribution in [2.75, 3.05) is 12.4 Å². The number of benzene rings is 2. The lowest BCUT2D eigenvalue weighted by atomic mass is 10.2. The standard InChI is InChI=1S/C18H18F4N2O2/c1-12(24(2)11-13-4-3-5-14(19)10-13)17(25)23-15-6-8-16(9-7-15)26-18(20,21)22/h3-10,12H,11H2,1-2H3,(H,23,25)/t12-/m1/s1. The molecule has 8 heteroatoms. The maximum Gasteiger partial charge on any atom is 0.573 e. The molecule has 0 bridgehead atoms. The van der Waals surface area contributed by atoms with E-state index in [-0.39, 0.29) is 17.5 Å². The molecule has 0 saturated carbocycles. The van der Waals surface area contributed by atoms with Crippen LogP contribution in [0.4, 0.5) is 23.2 Å². The van der Waals surface area contributed by atoms with Gasteiger partial charge in [-0.1, -0.05) is 12.1 Å². The number of amides is 1. The first kappa shape index (κ1) is 19.7. The highest BCUT2D eigenvalue weighted by atomic mass is 19.4. The third-order valence-electron chi connectivity index (χ3n) is 3.72. The lowest BCUT2D eigenvalue weighted by molar-refractivity contribution is -0.274. The third-order valence-corrected chi connectivity index (χ3v) is 3.72. The molecule has 0 aliphatic rings. The van der Waals surface area contributed by atoms with Gasteiger partial charge in [0.1, 0.15) is 11.6 Å². The maximum absolute atomic E-state index is 13.2. The van der Waals surface area contributed by atoms with Gasteiger partial charge >= 0.3 is 6.36 Å². The molecule has 0 fully saturated rings. The molecule has 2 aromatic rings. The number of carbonyl (C=O) groups excluding carboxylic acids is 1. The number of carbonyl (C=O) groups is 1. The van der Waals surface area contributed by atoms with Crippen LogP contribution in [0.15, 0.2) is 48.5 Å². The van der Waals surface area contributed by atoms with Gasteiger partial charge in [-0.15, -0.1) is 13.2 Å². The second kappa shape index (κ2) is 8.18. The number of rotatable bonds is 6. The van der Waals surface area contributed by atoms with Crippen LogP contribution in [0.3, 0.4) is 0 Å². The first-order valence-corrected chi connectivity index (χ1v) is 7.75. The summed E-state index contributed by atoms with van der Waals surface area (Å²) in [5.41, 5.74) is 1.07. The maximum atomic E-state index is 13.2. The number of nitrogens with one attached hydrogen (secondary N) is 1. The molecule has 4 nitrogen and oxygen atoms in total. The van der Waals surface area contributed by atoms with E-state index in [2.05, 4.69) is 10.1 Å². The smallest absolute Gasteiger partial charge is 0.406 e. The van der Waals surface area contributed by atoms with Crippen molar-refractivity contribution >= 4 is 11.6 Å². The van der Waals surface area contributed by atoms with Crippen LogP contribution in [0.5, 0.6) is 5.75 Å². The molecule has 1 atom stereocenters. The number of anilines is 1. The van der Waals surface area contributed by atoms with Crippen molar-refractivity contribution in [2.24, 2.45) is 0 Å². The molecule has 1 amide bonds. The van der Waals surface area contributed by atoms with E-state index in [0.29, 0.717) is 12.2 Å². The van der Waals surface area contributed by atoms with Crippen LogP contribution < -0.4 is 10.1 Å². The Bertz CT molecular complexity index is 748. The van der Waals surface area contributed by atoms with E-state index >= 15 is 0 Å². The Hall–Kier alpha value is -2.61. The number of halogens is 4. The topological polar surface area (TPSA) is 41.6 Å². The second-order valence-electron chi connectivity index (χ2n) is 5.78. The average molecular weight is 370 g/mol. The molecule has 0 aromatic heterocycles. The van der Waals surface area contributed by atoms with Crippen molar-refractivity contribution in [1.82, 2.24) is 4.90 Å². The van der Waals surface area contributed by atoms with E-state index in [0.717, 1.165) is 17.7 Å². The Morgan fingerprint density at radius 1 is 1.19 bits per heavy atom. The number of alkyl halides is 3. The summed E-state index contributed by atoms with van der Waals surface area (Å²) in [6.45, 7) is 2.04. The van der Waals surface area contributed by atoms with Gasteiger partial charge in [-0.25, -0.2) is 4.39 Å². The van der Waals surface area contributed by atoms with E-state index in [1.807, 2.05) is 0 Å². The summed E-state index contributed by atoms with van der Waals surface area (Å²) < 4.78 is 53.4. The van der Waals surface area contributed by atoms with Crippen LogP contribution in [-0.4, -0.2) is 30.3 Å². The fourth-order valence-corrected chi connectivity index (χ4v) is 2.25. The summed E-state index contributed by atoms with van der Waals surface area (Å²) in [5, 5.41) is 2.62. The number of likely N-dealkylation sites (N-methyl/N-ethyl adjacent to an activating group) is 1. The van der Waals surface area contributed by atoms with Crippen molar-refractivity contribution < 1.29 is 27.1 Å². The molecule has 26 heavy (non-hydrogen) atoms. The van der Waals surface area contributed by atoms with Gasteiger partial charge in [0.05, 0.1) is 6.04 Å². The molecule has 0 aliphatic heterocycles. The highest BCUT2D eigenvalue weighted by Gasteiger charge is 2.31. The SMILES string of the molecule is C[C@H](C(=O)Nc1ccc(OC(F)(F)F)cc1)N(C)Cc1cccc(F)c1. The van der Waals surface area contributed by atoms with Gasteiger partial charge in [-0.05, 0) is 55.9 Å². The zero-order valence-electron chi connectivity index (χ0n) is 14.2. The fraction of sp³-hybridized carbons (Fsp3) is 0.278. The van der Waals surface area contributed by atoms with Crippen LogP contribution in [0.25, 0.3) is 0 Å². The third kappa shape index (κ3) is 6.03. The molecule has 140 valence electrons. The second-order valence-corrected chi connectivity index (χ2v) is 5.78. The van der Waals surface area contributed by atoms with Gasteiger partial charge in [0, 0.05) is 12.2 Å². The zero-order chi connectivity index (χ0) is 19.3. The molecule has 0 radical (unpaired) electrons. The predicted molar refractivity (Wildman–Crippen MR) is 89.1 cm³/mol. The average Bonchev–Trinajstić information content (AvgIpc) is 2.54. The Morgan fingerprint density at radius 2 is 1.85 bits per heavy atom. The van der Waals surface area contributed by atoms with E-state index in [9.17, 15) is 22.4 Å². The van der Waals surface area contributed by atoms with Gasteiger partial charge in [0.25, 0.3) is 0 Å². The minimum absolute atomic E-state index is 0.339. The summed E-state index contributed by atoms with van der Waals surface area (Å²) in [5.74, 6) is -1.06. The molecular weight excluding hydrogens is 352 g/mol. The van der Waals surface area contributed by atoms with Gasteiger partial charge < -0.3 is 10.1 Å². The van der Waals surface area contributed by atoms with Crippen molar-refractivity contribution in [3.05, 3.63) is 59.9 Å². The molecule has 0 unspecified atom stereocenters. The molecule has 0 aliphatic carbocycles. The molecule has 2 aromatic carbocycles. The summed E-state index contributed by atoms with van der Waals surface area (Å²) in [4.78, 5) is 14.0. The molecule has 1 N–H and O–H groups in total. The van der Waals surface area contributed by atoms with E-state index in [4.69, 9.17) is 0 Å². The van der Waals surface area contributed by atoms with E-state index in [1.165, 1.54) is 24.3 Å². The predicted octanol–water partition coefficient (Wildman–Crippen LogP) is 4.18. The number of hydrogen-bond acceptors (Lipinski definition) is 3. The van der Waals surface area contributed by atoms with Crippen molar-refractivity contribution in [1.29, 1.82) is 0 Å². The van der Waals surface area contributed by atoms with Crippen LogP contribution in [0, 0.1) is 5.82 Å². The number of nitrogens with zero attached hydrogens (tertiary/aromatic N) is 1. The summed E-state index contributed by atoms with van der Waals surface area (Å²) in [6.07, 6.45) is -4.76. The van der Waals surface area contributed by atoms with Crippen LogP contribution in [-0.2, 0) is 11.3 Å². The zero-order valence-corrected chi connectivity index (χ0v) is 14.2. The molecule has 0 saturated heterocycles. The lowest BCUT2D eigenvalue weighted by Gasteiger charge is -2.24. The quantitative estimate of drug-likeness (QED) is 0.776. The van der Waals surface area contributed by atoms with Gasteiger partial charge in [-0.3, -0.25) is 9.69 Å². The first-order chi connectivity index (χ1) is 12.1. The molecule has 2 rings (SSSR count). The summed E-state index contributed by atoms with van der Waals surface area (Å²) >= 11 is 0. The largest absolute Gasteiger partial charge is 0.573 e. The van der Waals surface area contributed by atoms with Gasteiger partial charge in [0.2, 0.25) is 5.91 Å². The number of hydrogen-bond donors (Lipinski definition) is 1. The van der Waals surface area contributed by atoms with Crippen molar-refractivity contribution in [3.63, 3.8) is 0 Å². The van der Waals surface area contributed by atoms with Crippen LogP contribution >= 0.6 is 0 Å². The number of ether oxygens (including phenoxy) is 1. The lowest BCUT2D eigenvalue weighted by Crippen LogP contribution is -2.39. The minimum Gasteiger partial charge on any atom is -0.406 e. The van der Waals surface area contributed by atoms with Gasteiger partial charge in [-0.2, -0.15) is 0 Å². The fourth-order valence-electron chi connectivity index (χ4n) is 2.25. The monoisotopic (exact) mass is 370 g/mol. The molecule has 0 spiro atoms. The Morgan fingerprint density at radius 3 is 2.42 bits per heavy atom. The molecule has 0 heterocycles. The van der Waals surface area contributed by atoms with E-state index < -0.39 is 12.4 Å². The Balaban J connectivity index is 1.93. The highest BCUT2D eigenvalue weighted by molar-refractivity contribution is 5.94. The van der Waals surface area contributed by atoms with Crippen molar-refractivity contribution in [3.8, 4) is 5.75 Å². The Kier molecular flexibility index (Phi) is 6.20. The van der Waals surface area contributed by atoms with Crippen LogP contribution in [0.1, 0.15) is 12.5 Å². The van der Waals surface area contributed by atoms with Crippen molar-refractivity contribution in [2.45, 2.75) is 25.9 Å². The minimum atomic E-state index is -4.76. The summed E-state index contributed by atoms with van der Waals surface area (Å²) in [7, 11) is 1.72.